The van der Waals surface area contributed by atoms with Crippen molar-refractivity contribution < 1.29 is 4.42 Å². The van der Waals surface area contributed by atoms with Crippen LogP contribution >= 0.6 is 15.9 Å². The molecular formula is C13H11BrN4O. The van der Waals surface area contributed by atoms with Crippen molar-refractivity contribution in [2.75, 3.05) is 5.32 Å². The number of aromatic nitrogens is 3. The third kappa shape index (κ3) is 2.68. The standard InChI is InChI=1S/C13H11BrN4O/c14-11-4-2-1-3-10(11)13-17-9(8-19-13)7-15-12-5-6-16-18-12/h1-6,8H,7H2,(H2,15,16,18). The molecular weight excluding hydrogens is 308 g/mol. The Morgan fingerprint density at radius 1 is 1.26 bits per heavy atom. The predicted octanol–water partition coefficient (Wildman–Crippen LogP) is 3.44. The zero-order valence-corrected chi connectivity index (χ0v) is 11.5. The van der Waals surface area contributed by atoms with E-state index in [0.29, 0.717) is 12.4 Å². The van der Waals surface area contributed by atoms with Crippen LogP contribution in [0.2, 0.25) is 0 Å². The summed E-state index contributed by atoms with van der Waals surface area (Å²) in [5.41, 5.74) is 1.77. The number of anilines is 1. The van der Waals surface area contributed by atoms with E-state index in [4.69, 9.17) is 4.42 Å². The van der Waals surface area contributed by atoms with E-state index in [9.17, 15) is 0 Å². The molecule has 0 aliphatic heterocycles. The molecule has 0 spiro atoms. The minimum Gasteiger partial charge on any atom is -0.444 e. The first kappa shape index (κ1) is 12.0. The van der Waals surface area contributed by atoms with Gasteiger partial charge in [-0.2, -0.15) is 5.10 Å². The van der Waals surface area contributed by atoms with E-state index in [-0.39, 0.29) is 0 Å². The molecule has 5 nitrogen and oxygen atoms in total. The molecule has 0 bridgehead atoms. The number of hydrogen-bond acceptors (Lipinski definition) is 4. The molecule has 3 aromatic rings. The van der Waals surface area contributed by atoms with Crippen LogP contribution in [-0.2, 0) is 6.54 Å². The van der Waals surface area contributed by atoms with Crippen LogP contribution < -0.4 is 5.32 Å². The molecule has 0 saturated heterocycles. The first-order valence-electron chi connectivity index (χ1n) is 5.75. The largest absolute Gasteiger partial charge is 0.444 e. The number of benzene rings is 1. The number of nitrogens with zero attached hydrogens (tertiary/aromatic N) is 2. The average molecular weight is 319 g/mol. The van der Waals surface area contributed by atoms with E-state index >= 15 is 0 Å². The van der Waals surface area contributed by atoms with Crippen LogP contribution in [0, 0.1) is 0 Å². The van der Waals surface area contributed by atoms with Gasteiger partial charge in [0.2, 0.25) is 5.89 Å². The van der Waals surface area contributed by atoms with Gasteiger partial charge in [-0.05, 0) is 34.1 Å². The van der Waals surface area contributed by atoms with Gasteiger partial charge in [0.05, 0.1) is 24.0 Å². The molecule has 0 radical (unpaired) electrons. The Balaban J connectivity index is 1.75. The van der Waals surface area contributed by atoms with Gasteiger partial charge in [0.15, 0.2) is 0 Å². The number of nitrogens with one attached hydrogen (secondary N) is 2. The molecule has 2 heterocycles. The van der Waals surface area contributed by atoms with Gasteiger partial charge >= 0.3 is 0 Å². The maximum Gasteiger partial charge on any atom is 0.227 e. The summed E-state index contributed by atoms with van der Waals surface area (Å²) in [5, 5.41) is 9.86. The summed E-state index contributed by atoms with van der Waals surface area (Å²) in [6.07, 6.45) is 3.34. The number of hydrogen-bond donors (Lipinski definition) is 2. The fourth-order valence-electron chi connectivity index (χ4n) is 1.69. The Hall–Kier alpha value is -2.08. The van der Waals surface area contributed by atoms with Gasteiger partial charge in [0, 0.05) is 4.47 Å². The van der Waals surface area contributed by atoms with E-state index in [1.54, 1.807) is 12.5 Å². The molecule has 2 aromatic heterocycles. The lowest BCUT2D eigenvalue weighted by Crippen LogP contribution is -1.99. The summed E-state index contributed by atoms with van der Waals surface area (Å²) in [6.45, 7) is 0.580. The van der Waals surface area contributed by atoms with Gasteiger partial charge in [0.1, 0.15) is 12.1 Å². The van der Waals surface area contributed by atoms with Gasteiger partial charge < -0.3 is 9.73 Å². The van der Waals surface area contributed by atoms with Crippen molar-refractivity contribution in [2.45, 2.75) is 6.54 Å². The minimum atomic E-state index is 0.580. The molecule has 3 rings (SSSR count). The number of H-pyrrole nitrogens is 1. The minimum absolute atomic E-state index is 0.580. The predicted molar refractivity (Wildman–Crippen MR) is 75.6 cm³/mol. The highest BCUT2D eigenvalue weighted by Crippen LogP contribution is 2.27. The quantitative estimate of drug-likeness (QED) is 0.773. The van der Waals surface area contributed by atoms with Crippen molar-refractivity contribution in [1.82, 2.24) is 15.2 Å². The number of rotatable bonds is 4. The zero-order chi connectivity index (χ0) is 13.1. The number of aromatic amines is 1. The Kier molecular flexibility index (Phi) is 3.33. The second kappa shape index (κ2) is 5.27. The summed E-state index contributed by atoms with van der Waals surface area (Å²) >= 11 is 3.48. The Bertz CT molecular complexity index is 663. The second-order valence-corrected chi connectivity index (χ2v) is 4.80. The van der Waals surface area contributed by atoms with Crippen molar-refractivity contribution in [3.8, 4) is 11.5 Å². The van der Waals surface area contributed by atoms with Crippen LogP contribution in [0.25, 0.3) is 11.5 Å². The van der Waals surface area contributed by atoms with Crippen LogP contribution in [-0.4, -0.2) is 15.2 Å². The third-order valence-corrected chi connectivity index (χ3v) is 3.31. The molecule has 0 fully saturated rings. The summed E-state index contributed by atoms with van der Waals surface area (Å²) in [7, 11) is 0. The summed E-state index contributed by atoms with van der Waals surface area (Å²) in [4.78, 5) is 4.45. The molecule has 0 aliphatic rings. The van der Waals surface area contributed by atoms with Crippen LogP contribution in [0.5, 0.6) is 0 Å². The van der Waals surface area contributed by atoms with Crippen LogP contribution in [0.3, 0.4) is 0 Å². The molecule has 1 aromatic carbocycles. The maximum absolute atomic E-state index is 5.49. The number of oxazole rings is 1. The Morgan fingerprint density at radius 2 is 2.16 bits per heavy atom. The van der Waals surface area contributed by atoms with E-state index < -0.39 is 0 Å². The highest BCUT2D eigenvalue weighted by molar-refractivity contribution is 9.10. The molecule has 0 amide bonds. The lowest BCUT2D eigenvalue weighted by Gasteiger charge is -1.99. The second-order valence-electron chi connectivity index (χ2n) is 3.95. The average Bonchev–Trinajstić information content (AvgIpc) is 3.08. The van der Waals surface area contributed by atoms with E-state index in [1.807, 2.05) is 30.3 Å². The highest BCUT2D eigenvalue weighted by atomic mass is 79.9. The van der Waals surface area contributed by atoms with Gasteiger partial charge in [-0.15, -0.1) is 0 Å². The lowest BCUT2D eigenvalue weighted by molar-refractivity contribution is 0.572. The van der Waals surface area contributed by atoms with Gasteiger partial charge in [-0.25, -0.2) is 4.98 Å². The first-order valence-corrected chi connectivity index (χ1v) is 6.55. The smallest absolute Gasteiger partial charge is 0.227 e. The summed E-state index contributed by atoms with van der Waals surface area (Å²) in [5.74, 6) is 1.46. The molecule has 0 saturated carbocycles. The van der Waals surface area contributed by atoms with Crippen molar-refractivity contribution in [3.63, 3.8) is 0 Å². The maximum atomic E-state index is 5.49. The van der Waals surface area contributed by atoms with Crippen LogP contribution in [0.1, 0.15) is 5.69 Å². The van der Waals surface area contributed by atoms with E-state index in [2.05, 4.69) is 36.4 Å². The van der Waals surface area contributed by atoms with Crippen molar-refractivity contribution >= 4 is 21.7 Å². The highest BCUT2D eigenvalue weighted by Gasteiger charge is 2.09. The lowest BCUT2D eigenvalue weighted by atomic mass is 10.2. The fraction of sp³-hybridized carbons (Fsp3) is 0.0769. The molecule has 2 N–H and O–H groups in total. The molecule has 0 unspecified atom stereocenters. The molecule has 0 atom stereocenters. The van der Waals surface area contributed by atoms with Crippen LogP contribution in [0.15, 0.2) is 51.7 Å². The molecule has 19 heavy (non-hydrogen) atoms. The van der Waals surface area contributed by atoms with Crippen molar-refractivity contribution in [3.05, 3.63) is 53.0 Å². The topological polar surface area (TPSA) is 66.7 Å². The zero-order valence-electron chi connectivity index (χ0n) is 9.93. The monoisotopic (exact) mass is 318 g/mol. The number of halogens is 1. The molecule has 6 heteroatoms. The van der Waals surface area contributed by atoms with E-state index in [0.717, 1.165) is 21.5 Å². The SMILES string of the molecule is Brc1ccccc1-c1nc(CNc2ccn[nH]2)co1. The Morgan fingerprint density at radius 3 is 2.95 bits per heavy atom. The van der Waals surface area contributed by atoms with Crippen LogP contribution in [0.4, 0.5) is 5.82 Å². The summed E-state index contributed by atoms with van der Waals surface area (Å²) < 4.78 is 6.46. The molecule has 96 valence electrons. The molecule has 0 aliphatic carbocycles. The van der Waals surface area contributed by atoms with Gasteiger partial charge in [-0.3, -0.25) is 5.10 Å². The Labute approximate surface area is 118 Å². The van der Waals surface area contributed by atoms with Gasteiger partial charge in [-0.1, -0.05) is 12.1 Å². The first-order chi connectivity index (χ1) is 9.33. The van der Waals surface area contributed by atoms with Gasteiger partial charge in [0.25, 0.3) is 0 Å². The van der Waals surface area contributed by atoms with E-state index in [1.165, 1.54) is 0 Å². The normalized spacial score (nSPS) is 10.6. The third-order valence-electron chi connectivity index (χ3n) is 2.62. The van der Waals surface area contributed by atoms with Crippen molar-refractivity contribution in [1.29, 1.82) is 0 Å². The van der Waals surface area contributed by atoms with Crippen molar-refractivity contribution in [2.24, 2.45) is 0 Å². The summed E-state index contributed by atoms with van der Waals surface area (Å²) in [6, 6.07) is 9.68. The fourth-order valence-corrected chi connectivity index (χ4v) is 2.14.